The van der Waals surface area contributed by atoms with E-state index in [4.69, 9.17) is 0 Å². The Kier molecular flexibility index (Phi) is 5.02. The fourth-order valence-electron chi connectivity index (χ4n) is 1.30. The smallest absolute Gasteiger partial charge is 0.248 e. The Bertz CT molecular complexity index is 447. The third-order valence-corrected chi connectivity index (χ3v) is 2.40. The Balaban J connectivity index is 2.19. The van der Waals surface area contributed by atoms with E-state index in [1.807, 2.05) is 20.8 Å². The van der Waals surface area contributed by atoms with E-state index in [1.54, 1.807) is 6.92 Å². The molecule has 0 atom stereocenters. The highest BCUT2D eigenvalue weighted by Crippen LogP contribution is 2.12. The van der Waals surface area contributed by atoms with Crippen LogP contribution in [0.5, 0.6) is 0 Å². The minimum Gasteiger partial charge on any atom is -0.356 e. The molecule has 0 aromatic carbocycles. The minimum absolute atomic E-state index is 0.0162. The monoisotopic (exact) mass is 267 g/mol. The molecule has 7 nitrogen and oxygen atoms in total. The van der Waals surface area contributed by atoms with Crippen LogP contribution < -0.4 is 10.6 Å². The fraction of sp³-hybridized carbons (Fsp3) is 0.667. The summed E-state index contributed by atoms with van der Waals surface area (Å²) in [6.45, 7) is 7.78. The number of anilines is 1. The lowest BCUT2D eigenvalue weighted by molar-refractivity contribution is -0.128. The van der Waals surface area contributed by atoms with Crippen molar-refractivity contribution in [2.75, 3.05) is 11.9 Å². The normalized spacial score (nSPS) is 11.2. The number of nitrogens with zero attached hydrogens (tertiary/aromatic N) is 2. The van der Waals surface area contributed by atoms with Crippen LogP contribution in [0.2, 0.25) is 0 Å². The number of hydrogen-bond acceptors (Lipinski definition) is 4. The van der Waals surface area contributed by atoms with E-state index in [0.29, 0.717) is 25.2 Å². The highest BCUT2D eigenvalue weighted by Gasteiger charge is 2.20. The first-order chi connectivity index (χ1) is 8.79. The van der Waals surface area contributed by atoms with Crippen LogP contribution in [0.4, 0.5) is 5.95 Å². The Labute approximate surface area is 112 Å². The molecule has 1 aromatic rings. The maximum absolute atomic E-state index is 11.6. The number of carbonyl (C=O) groups excluding carboxylic acids is 2. The molecule has 0 aliphatic carbocycles. The number of aromatic nitrogens is 3. The largest absolute Gasteiger partial charge is 0.356 e. The Hall–Kier alpha value is -1.92. The summed E-state index contributed by atoms with van der Waals surface area (Å²) in [7, 11) is 0. The fourth-order valence-corrected chi connectivity index (χ4v) is 1.30. The zero-order chi connectivity index (χ0) is 14.5. The number of amides is 2. The maximum Gasteiger partial charge on any atom is 0.248 e. The van der Waals surface area contributed by atoms with Gasteiger partial charge in [-0.15, -0.1) is 5.10 Å². The van der Waals surface area contributed by atoms with Crippen molar-refractivity contribution in [3.8, 4) is 0 Å². The van der Waals surface area contributed by atoms with Gasteiger partial charge < -0.3 is 5.32 Å². The lowest BCUT2D eigenvalue weighted by atomic mass is 9.96. The SMILES string of the molecule is Cc1nc(NC(=O)CCCNC(=O)C(C)(C)C)n[nH]1. The van der Waals surface area contributed by atoms with E-state index in [0.717, 1.165) is 0 Å². The second kappa shape index (κ2) is 6.31. The van der Waals surface area contributed by atoms with Gasteiger partial charge >= 0.3 is 0 Å². The predicted molar refractivity (Wildman–Crippen MR) is 71.4 cm³/mol. The summed E-state index contributed by atoms with van der Waals surface area (Å²) in [5, 5.41) is 11.8. The highest BCUT2D eigenvalue weighted by atomic mass is 16.2. The zero-order valence-electron chi connectivity index (χ0n) is 11.8. The predicted octanol–water partition coefficient (Wildman–Crippen LogP) is 0.994. The quantitative estimate of drug-likeness (QED) is 0.693. The molecule has 0 aliphatic rings. The Morgan fingerprint density at radius 2 is 2.00 bits per heavy atom. The summed E-state index contributed by atoms with van der Waals surface area (Å²) in [6, 6.07) is 0. The van der Waals surface area contributed by atoms with Gasteiger partial charge in [-0.2, -0.15) is 4.98 Å². The zero-order valence-corrected chi connectivity index (χ0v) is 11.8. The molecule has 1 rings (SSSR count). The molecule has 0 bridgehead atoms. The van der Waals surface area contributed by atoms with Gasteiger partial charge in [0.1, 0.15) is 5.82 Å². The highest BCUT2D eigenvalue weighted by molar-refractivity contribution is 5.88. The van der Waals surface area contributed by atoms with Gasteiger partial charge in [0.25, 0.3) is 0 Å². The summed E-state index contributed by atoms with van der Waals surface area (Å²) in [6.07, 6.45) is 0.898. The summed E-state index contributed by atoms with van der Waals surface area (Å²) in [5.74, 6) is 0.746. The third-order valence-electron chi connectivity index (χ3n) is 2.40. The molecule has 1 aromatic heterocycles. The molecule has 0 saturated heterocycles. The van der Waals surface area contributed by atoms with Gasteiger partial charge in [0.15, 0.2) is 0 Å². The van der Waals surface area contributed by atoms with Crippen molar-refractivity contribution in [2.24, 2.45) is 5.41 Å². The lowest BCUT2D eigenvalue weighted by Gasteiger charge is -2.17. The second-order valence-corrected chi connectivity index (χ2v) is 5.40. The molecule has 1 heterocycles. The van der Waals surface area contributed by atoms with Crippen LogP contribution in [-0.4, -0.2) is 33.5 Å². The Morgan fingerprint density at radius 1 is 1.32 bits per heavy atom. The van der Waals surface area contributed by atoms with Crippen molar-refractivity contribution in [1.29, 1.82) is 0 Å². The molecule has 106 valence electrons. The van der Waals surface area contributed by atoms with Crippen molar-refractivity contribution in [3.63, 3.8) is 0 Å². The molecule has 7 heteroatoms. The van der Waals surface area contributed by atoms with E-state index in [9.17, 15) is 9.59 Å². The number of nitrogens with one attached hydrogen (secondary N) is 3. The first kappa shape index (κ1) is 15.1. The molecule has 0 unspecified atom stereocenters. The van der Waals surface area contributed by atoms with Crippen molar-refractivity contribution in [2.45, 2.75) is 40.5 Å². The van der Waals surface area contributed by atoms with Crippen LogP contribution in [0.15, 0.2) is 0 Å². The van der Waals surface area contributed by atoms with Gasteiger partial charge in [-0.3, -0.25) is 20.0 Å². The van der Waals surface area contributed by atoms with E-state index < -0.39 is 5.41 Å². The van der Waals surface area contributed by atoms with Crippen LogP contribution in [-0.2, 0) is 9.59 Å². The minimum atomic E-state index is -0.404. The average molecular weight is 267 g/mol. The van der Waals surface area contributed by atoms with Crippen LogP contribution in [0.3, 0.4) is 0 Å². The second-order valence-electron chi connectivity index (χ2n) is 5.40. The van der Waals surface area contributed by atoms with Gasteiger partial charge in [-0.1, -0.05) is 20.8 Å². The lowest BCUT2D eigenvalue weighted by Crippen LogP contribution is -2.35. The van der Waals surface area contributed by atoms with Crippen molar-refractivity contribution >= 4 is 17.8 Å². The number of H-pyrrole nitrogens is 1. The third kappa shape index (κ3) is 5.50. The van der Waals surface area contributed by atoms with Crippen LogP contribution in [0.1, 0.15) is 39.4 Å². The molecule has 0 spiro atoms. The standard InChI is InChI=1S/C12H21N5O2/c1-8-14-11(17-16-8)15-9(18)6-5-7-13-10(19)12(2,3)4/h5-7H2,1-4H3,(H,13,19)(H2,14,15,16,17,18). The molecular weight excluding hydrogens is 246 g/mol. The van der Waals surface area contributed by atoms with E-state index in [2.05, 4.69) is 25.8 Å². The summed E-state index contributed by atoms with van der Waals surface area (Å²) < 4.78 is 0. The molecule has 3 N–H and O–H groups in total. The van der Waals surface area contributed by atoms with Crippen LogP contribution >= 0.6 is 0 Å². The van der Waals surface area contributed by atoms with Crippen LogP contribution in [0, 0.1) is 12.3 Å². The van der Waals surface area contributed by atoms with E-state index >= 15 is 0 Å². The molecule has 0 radical (unpaired) electrons. The van der Waals surface area contributed by atoms with E-state index in [-0.39, 0.29) is 17.8 Å². The molecule has 0 aliphatic heterocycles. The number of rotatable bonds is 5. The maximum atomic E-state index is 11.6. The van der Waals surface area contributed by atoms with Crippen molar-refractivity contribution < 1.29 is 9.59 Å². The first-order valence-corrected chi connectivity index (χ1v) is 6.26. The summed E-state index contributed by atoms with van der Waals surface area (Å²) >= 11 is 0. The molecule has 19 heavy (non-hydrogen) atoms. The molecular formula is C12H21N5O2. The summed E-state index contributed by atoms with van der Waals surface area (Å²) in [5.41, 5.74) is -0.404. The topological polar surface area (TPSA) is 99.8 Å². The number of hydrogen-bond donors (Lipinski definition) is 3. The van der Waals surface area contributed by atoms with Gasteiger partial charge in [-0.25, -0.2) is 0 Å². The van der Waals surface area contributed by atoms with Crippen molar-refractivity contribution in [3.05, 3.63) is 5.82 Å². The number of aromatic amines is 1. The summed E-state index contributed by atoms with van der Waals surface area (Å²) in [4.78, 5) is 27.1. The molecule has 2 amide bonds. The van der Waals surface area contributed by atoms with Gasteiger partial charge in [0, 0.05) is 18.4 Å². The number of aryl methyl sites for hydroxylation is 1. The van der Waals surface area contributed by atoms with Gasteiger partial charge in [-0.05, 0) is 13.3 Å². The van der Waals surface area contributed by atoms with Crippen LogP contribution in [0.25, 0.3) is 0 Å². The van der Waals surface area contributed by atoms with Gasteiger partial charge in [0.2, 0.25) is 17.8 Å². The van der Waals surface area contributed by atoms with Gasteiger partial charge in [0.05, 0.1) is 0 Å². The van der Waals surface area contributed by atoms with Crippen molar-refractivity contribution in [1.82, 2.24) is 20.5 Å². The van der Waals surface area contributed by atoms with E-state index in [1.165, 1.54) is 0 Å². The Morgan fingerprint density at radius 3 is 2.53 bits per heavy atom. The first-order valence-electron chi connectivity index (χ1n) is 6.26. The number of carbonyl (C=O) groups is 2. The molecule has 0 saturated carbocycles. The average Bonchev–Trinajstić information content (AvgIpc) is 2.68. The molecule has 0 fully saturated rings.